The largest absolute Gasteiger partial charge is 0.465 e. The fourth-order valence-corrected chi connectivity index (χ4v) is 5.31. The molecule has 1 aliphatic heterocycles. The number of carbonyl (C=O) groups is 1. The van der Waals surface area contributed by atoms with Gasteiger partial charge in [0.2, 0.25) is 0 Å². The molecule has 1 saturated heterocycles. The van der Waals surface area contributed by atoms with E-state index in [1.807, 2.05) is 55.1 Å². The van der Waals surface area contributed by atoms with Crippen LogP contribution in [-0.4, -0.2) is 27.7 Å². The summed E-state index contributed by atoms with van der Waals surface area (Å²) in [5.74, 6) is -0.713. The molecule has 0 saturated carbocycles. The van der Waals surface area contributed by atoms with Crippen LogP contribution >= 0.6 is 12.2 Å². The van der Waals surface area contributed by atoms with Crippen LogP contribution < -0.4 is 10.2 Å². The number of nitrogens with zero attached hydrogens (tertiary/aromatic N) is 3. The first-order valence-corrected chi connectivity index (χ1v) is 11.9. The van der Waals surface area contributed by atoms with Crippen LogP contribution in [-0.2, 0) is 4.74 Å². The van der Waals surface area contributed by atoms with E-state index in [0.29, 0.717) is 10.7 Å². The Morgan fingerprint density at radius 2 is 1.78 bits per heavy atom. The first-order valence-electron chi connectivity index (χ1n) is 11.5. The standard InChI is InChI=1S/C28H25FN4O2S/c1-17-16-22(18(2)32(17)24-10-5-4-8-21(24)27(34)35-3)26-25(23-9-6-7-15-30-23)31-28(36)33(26)20-13-11-19(29)12-14-20/h4-16,25-26H,1-3H3,(H,31,36)/t25-,26-/m1/s1. The van der Waals surface area contributed by atoms with Gasteiger partial charge in [0.05, 0.1) is 36.1 Å². The Bertz CT molecular complexity index is 1440. The Morgan fingerprint density at radius 3 is 2.47 bits per heavy atom. The number of aromatic nitrogens is 2. The molecule has 1 N–H and O–H groups in total. The number of rotatable bonds is 5. The molecule has 5 rings (SSSR count). The molecule has 0 unspecified atom stereocenters. The predicted molar refractivity (Wildman–Crippen MR) is 141 cm³/mol. The van der Waals surface area contributed by atoms with Gasteiger partial charge in [0.25, 0.3) is 0 Å². The second-order valence-corrected chi connectivity index (χ2v) is 9.03. The molecule has 0 spiro atoms. The Labute approximate surface area is 214 Å². The van der Waals surface area contributed by atoms with Gasteiger partial charge in [-0.1, -0.05) is 18.2 Å². The summed E-state index contributed by atoms with van der Waals surface area (Å²) in [6.45, 7) is 4.03. The van der Waals surface area contributed by atoms with Crippen LogP contribution in [0, 0.1) is 19.7 Å². The molecule has 1 fully saturated rings. The number of hydrogen-bond donors (Lipinski definition) is 1. The lowest BCUT2D eigenvalue weighted by molar-refractivity contribution is 0.0600. The number of methoxy groups -OCH3 is 1. The summed E-state index contributed by atoms with van der Waals surface area (Å²) < 4.78 is 20.8. The van der Waals surface area contributed by atoms with Crippen LogP contribution in [0.15, 0.2) is 79.0 Å². The summed E-state index contributed by atoms with van der Waals surface area (Å²) >= 11 is 5.78. The van der Waals surface area contributed by atoms with Gasteiger partial charge in [-0.3, -0.25) is 4.98 Å². The smallest absolute Gasteiger partial charge is 0.339 e. The molecule has 36 heavy (non-hydrogen) atoms. The highest BCUT2D eigenvalue weighted by atomic mass is 32.1. The Hall–Kier alpha value is -4.04. The molecular weight excluding hydrogens is 475 g/mol. The lowest BCUT2D eigenvalue weighted by Crippen LogP contribution is -2.29. The number of anilines is 1. The number of nitrogens with one attached hydrogen (secondary N) is 1. The first kappa shape index (κ1) is 23.7. The Kier molecular flexibility index (Phi) is 6.28. The molecule has 8 heteroatoms. The van der Waals surface area contributed by atoms with Crippen molar-refractivity contribution in [1.82, 2.24) is 14.9 Å². The number of pyridine rings is 1. The number of benzene rings is 2. The predicted octanol–water partition coefficient (Wildman–Crippen LogP) is 5.59. The van der Waals surface area contributed by atoms with Gasteiger partial charge in [0, 0.05) is 23.3 Å². The van der Waals surface area contributed by atoms with Crippen molar-refractivity contribution in [1.29, 1.82) is 0 Å². The molecule has 2 atom stereocenters. The Balaban J connectivity index is 1.69. The minimum atomic E-state index is -0.400. The van der Waals surface area contributed by atoms with Crippen LogP contribution in [0.3, 0.4) is 0 Å². The fourth-order valence-electron chi connectivity index (χ4n) is 4.96. The van der Waals surface area contributed by atoms with Crippen molar-refractivity contribution >= 4 is 29.0 Å². The maximum absolute atomic E-state index is 13.8. The van der Waals surface area contributed by atoms with E-state index in [-0.39, 0.29) is 17.9 Å². The van der Waals surface area contributed by atoms with E-state index in [0.717, 1.165) is 34.0 Å². The Morgan fingerprint density at radius 1 is 1.06 bits per heavy atom. The SMILES string of the molecule is COC(=O)c1ccccc1-n1c(C)cc([C@@H]2[C@@H](c3ccccn3)NC(=S)N2c2ccc(F)cc2)c1C. The summed E-state index contributed by atoms with van der Waals surface area (Å²) in [6, 6.07) is 21.1. The van der Waals surface area contributed by atoms with E-state index < -0.39 is 5.97 Å². The van der Waals surface area contributed by atoms with Gasteiger partial charge in [-0.15, -0.1) is 0 Å². The number of hydrogen-bond acceptors (Lipinski definition) is 4. The number of thiocarbonyl (C=S) groups is 1. The summed E-state index contributed by atoms with van der Waals surface area (Å²) in [5.41, 5.74) is 5.75. The molecule has 2 aromatic heterocycles. The van der Waals surface area contributed by atoms with Gasteiger partial charge >= 0.3 is 5.97 Å². The zero-order valence-electron chi connectivity index (χ0n) is 20.1. The maximum Gasteiger partial charge on any atom is 0.339 e. The van der Waals surface area contributed by atoms with E-state index in [2.05, 4.69) is 20.9 Å². The molecule has 1 aliphatic rings. The number of para-hydroxylation sites is 1. The van der Waals surface area contributed by atoms with Gasteiger partial charge in [0.1, 0.15) is 5.82 Å². The summed E-state index contributed by atoms with van der Waals surface area (Å²) in [4.78, 5) is 19.1. The second-order valence-electron chi connectivity index (χ2n) is 8.64. The molecule has 6 nitrogen and oxygen atoms in total. The van der Waals surface area contributed by atoms with Crippen molar-refractivity contribution in [3.8, 4) is 5.69 Å². The van der Waals surface area contributed by atoms with E-state index in [4.69, 9.17) is 17.0 Å². The minimum absolute atomic E-state index is 0.242. The maximum atomic E-state index is 13.8. The van der Waals surface area contributed by atoms with Crippen molar-refractivity contribution in [2.24, 2.45) is 0 Å². The normalized spacial score (nSPS) is 17.2. The van der Waals surface area contributed by atoms with E-state index in [1.54, 1.807) is 24.4 Å². The molecular formula is C28H25FN4O2S. The highest BCUT2D eigenvalue weighted by Crippen LogP contribution is 2.43. The highest BCUT2D eigenvalue weighted by molar-refractivity contribution is 7.80. The molecule has 2 aromatic carbocycles. The third-order valence-electron chi connectivity index (χ3n) is 6.54. The third kappa shape index (κ3) is 4.03. The van der Waals surface area contributed by atoms with Crippen molar-refractivity contribution in [3.05, 3.63) is 113 Å². The van der Waals surface area contributed by atoms with Crippen LogP contribution in [0.2, 0.25) is 0 Å². The molecule has 182 valence electrons. The minimum Gasteiger partial charge on any atom is -0.465 e. The lowest BCUT2D eigenvalue weighted by Gasteiger charge is -2.28. The molecule has 0 amide bonds. The number of esters is 1. The quantitative estimate of drug-likeness (QED) is 0.285. The zero-order chi connectivity index (χ0) is 25.4. The van der Waals surface area contributed by atoms with Gasteiger partial charge in [0.15, 0.2) is 5.11 Å². The van der Waals surface area contributed by atoms with E-state index in [1.165, 1.54) is 19.2 Å². The number of halogens is 1. The average Bonchev–Trinajstić information content (AvgIpc) is 3.39. The molecule has 3 heterocycles. The van der Waals surface area contributed by atoms with Crippen LogP contribution in [0.4, 0.5) is 10.1 Å². The fraction of sp³-hybridized carbons (Fsp3) is 0.179. The monoisotopic (exact) mass is 500 g/mol. The lowest BCUT2D eigenvalue weighted by atomic mass is 9.96. The van der Waals surface area contributed by atoms with Crippen molar-refractivity contribution in [3.63, 3.8) is 0 Å². The molecule has 4 aromatic rings. The van der Waals surface area contributed by atoms with Crippen molar-refractivity contribution < 1.29 is 13.9 Å². The first-order chi connectivity index (χ1) is 17.4. The van der Waals surface area contributed by atoms with Crippen molar-refractivity contribution in [2.45, 2.75) is 25.9 Å². The molecule has 0 radical (unpaired) electrons. The average molecular weight is 501 g/mol. The number of carbonyl (C=O) groups excluding carboxylic acids is 1. The van der Waals surface area contributed by atoms with Crippen molar-refractivity contribution in [2.75, 3.05) is 12.0 Å². The summed E-state index contributed by atoms with van der Waals surface area (Å²) in [7, 11) is 1.38. The van der Waals surface area contributed by atoms with Crippen LogP contribution in [0.1, 0.15) is 45.1 Å². The highest BCUT2D eigenvalue weighted by Gasteiger charge is 2.42. The third-order valence-corrected chi connectivity index (χ3v) is 6.86. The molecule has 0 bridgehead atoms. The van der Waals surface area contributed by atoms with Crippen LogP contribution in [0.5, 0.6) is 0 Å². The molecule has 0 aliphatic carbocycles. The number of aryl methyl sites for hydroxylation is 1. The van der Waals surface area contributed by atoms with Crippen LogP contribution in [0.25, 0.3) is 5.69 Å². The topological polar surface area (TPSA) is 59.4 Å². The van der Waals surface area contributed by atoms with Gasteiger partial charge in [-0.05, 0) is 86.2 Å². The van der Waals surface area contributed by atoms with Gasteiger partial charge in [-0.25, -0.2) is 9.18 Å². The summed E-state index contributed by atoms with van der Waals surface area (Å²) in [5, 5.41) is 3.96. The van der Waals surface area contributed by atoms with E-state index >= 15 is 0 Å². The second kappa shape index (κ2) is 9.54. The van der Waals surface area contributed by atoms with Gasteiger partial charge < -0.3 is 19.5 Å². The van der Waals surface area contributed by atoms with E-state index in [9.17, 15) is 9.18 Å². The van der Waals surface area contributed by atoms with Gasteiger partial charge in [-0.2, -0.15) is 0 Å². The summed E-state index contributed by atoms with van der Waals surface area (Å²) in [6.07, 6.45) is 1.76. The number of ether oxygens (including phenoxy) is 1. The zero-order valence-corrected chi connectivity index (χ0v) is 20.9.